The maximum atomic E-state index is 13.7. The fourth-order valence-electron chi connectivity index (χ4n) is 5.04. The molecule has 5 rings (SSSR count). The molecule has 228 valence electrons. The highest BCUT2D eigenvalue weighted by Gasteiger charge is 2.30. The lowest BCUT2D eigenvalue weighted by Crippen LogP contribution is -2.43. The van der Waals surface area contributed by atoms with Gasteiger partial charge in [-0.25, -0.2) is 23.5 Å². The van der Waals surface area contributed by atoms with E-state index < -0.39 is 17.2 Å². The number of amides is 1. The summed E-state index contributed by atoms with van der Waals surface area (Å²) in [5.74, 6) is -0.516. The molecule has 3 heterocycles. The van der Waals surface area contributed by atoms with E-state index in [0.717, 1.165) is 25.0 Å². The lowest BCUT2D eigenvalue weighted by molar-refractivity contribution is 0.0158. The number of likely N-dealkylation sites (tertiary alicyclic amines) is 1. The Morgan fingerprint density at radius 2 is 1.86 bits per heavy atom. The Hall–Kier alpha value is -3.70. The zero-order valence-electron chi connectivity index (χ0n) is 24.3. The van der Waals surface area contributed by atoms with E-state index in [0.29, 0.717) is 63.5 Å². The number of carbonyl (C=O) groups excluding carboxylic acids is 1. The molecule has 1 aliphatic heterocycles. The second-order valence-electron chi connectivity index (χ2n) is 11.5. The molecule has 0 unspecified atom stereocenters. The number of nitrogens with zero attached hydrogens (tertiary/aromatic N) is 5. The quantitative estimate of drug-likeness (QED) is 0.228. The zero-order chi connectivity index (χ0) is 30.9. The average molecular weight is 634 g/mol. The number of imidazole rings is 1. The summed E-state index contributed by atoms with van der Waals surface area (Å²) in [5, 5.41) is 3.77. The highest BCUT2D eigenvalue weighted by molar-refractivity contribution is 6.39. The minimum atomic E-state index is -0.931. The van der Waals surface area contributed by atoms with Gasteiger partial charge in [0.05, 0.1) is 28.9 Å². The van der Waals surface area contributed by atoms with Crippen molar-refractivity contribution >= 4 is 46.4 Å². The van der Waals surface area contributed by atoms with Crippen molar-refractivity contribution in [3.05, 3.63) is 63.8 Å². The summed E-state index contributed by atoms with van der Waals surface area (Å²) in [6.45, 7) is 7.27. The predicted octanol–water partition coefficient (Wildman–Crippen LogP) is 7.35. The van der Waals surface area contributed by atoms with Crippen molar-refractivity contribution in [1.29, 1.82) is 0 Å². The summed E-state index contributed by atoms with van der Waals surface area (Å²) >= 11 is 13.4. The molecule has 1 N–H and O–H groups in total. The van der Waals surface area contributed by atoms with Gasteiger partial charge in [0.25, 0.3) is 0 Å². The second-order valence-corrected chi connectivity index (χ2v) is 12.3. The Morgan fingerprint density at radius 1 is 1.12 bits per heavy atom. The van der Waals surface area contributed by atoms with Gasteiger partial charge in [-0.15, -0.1) is 0 Å². The smallest absolute Gasteiger partial charge is 0.410 e. The minimum absolute atomic E-state index is 0.0572. The number of hydrogen-bond donors (Lipinski definition) is 1. The fraction of sp³-hybridized carbons (Fsp3) is 0.400. The molecule has 2 aromatic carbocycles. The van der Waals surface area contributed by atoms with Gasteiger partial charge in [-0.2, -0.15) is 4.98 Å². The van der Waals surface area contributed by atoms with Crippen molar-refractivity contribution in [2.45, 2.75) is 52.3 Å². The van der Waals surface area contributed by atoms with Gasteiger partial charge in [-0.3, -0.25) is 0 Å². The van der Waals surface area contributed by atoms with E-state index in [2.05, 4.69) is 10.3 Å². The minimum Gasteiger partial charge on any atom is -0.497 e. The van der Waals surface area contributed by atoms with Crippen LogP contribution in [0.5, 0.6) is 5.75 Å². The topological polar surface area (TPSA) is 94.4 Å². The molecule has 1 fully saturated rings. The van der Waals surface area contributed by atoms with Crippen LogP contribution in [0.15, 0.2) is 36.5 Å². The third kappa shape index (κ3) is 7.10. The molecule has 4 aromatic rings. The molecule has 9 nitrogen and oxygen atoms in total. The number of piperidine rings is 1. The van der Waals surface area contributed by atoms with Crippen molar-refractivity contribution in [2.24, 2.45) is 5.92 Å². The van der Waals surface area contributed by atoms with Crippen molar-refractivity contribution in [1.82, 2.24) is 24.4 Å². The highest BCUT2D eigenvalue weighted by atomic mass is 35.5. The van der Waals surface area contributed by atoms with Crippen molar-refractivity contribution in [3.8, 4) is 17.1 Å². The third-order valence-electron chi connectivity index (χ3n) is 7.01. The lowest BCUT2D eigenvalue weighted by atomic mass is 9.98. The van der Waals surface area contributed by atoms with Gasteiger partial charge in [0.1, 0.15) is 22.7 Å². The van der Waals surface area contributed by atoms with E-state index in [-0.39, 0.29) is 24.5 Å². The van der Waals surface area contributed by atoms with Crippen molar-refractivity contribution < 1.29 is 23.0 Å². The number of nitrogens with one attached hydrogen (secondary N) is 1. The summed E-state index contributed by atoms with van der Waals surface area (Å²) < 4.78 is 40.0. The van der Waals surface area contributed by atoms with E-state index in [4.69, 9.17) is 42.6 Å². The summed E-state index contributed by atoms with van der Waals surface area (Å²) in [7, 11) is 1.53. The van der Waals surface area contributed by atoms with Gasteiger partial charge in [0, 0.05) is 26.2 Å². The first-order valence-electron chi connectivity index (χ1n) is 13.8. The first-order valence-corrected chi connectivity index (χ1v) is 14.6. The fourth-order valence-corrected chi connectivity index (χ4v) is 5.68. The number of aromatic nitrogens is 4. The molecular formula is C30H32Cl2F2N6O3. The number of halogens is 4. The molecule has 0 radical (unpaired) electrons. The number of fused-ring (bicyclic) bond motifs is 1. The van der Waals surface area contributed by atoms with Crippen LogP contribution in [0.3, 0.4) is 0 Å². The number of carbonyl (C=O) groups is 1. The van der Waals surface area contributed by atoms with Gasteiger partial charge in [-0.05, 0) is 69.4 Å². The number of hydrogen-bond acceptors (Lipinski definition) is 7. The monoisotopic (exact) mass is 632 g/mol. The molecule has 1 saturated heterocycles. The van der Waals surface area contributed by atoms with Crippen LogP contribution in [0.25, 0.3) is 22.6 Å². The maximum absolute atomic E-state index is 13.7. The second kappa shape index (κ2) is 12.5. The van der Waals surface area contributed by atoms with Crippen LogP contribution in [0.1, 0.15) is 39.2 Å². The van der Waals surface area contributed by atoms with E-state index >= 15 is 0 Å². The number of anilines is 1. The third-order valence-corrected chi connectivity index (χ3v) is 7.60. The zero-order valence-corrected chi connectivity index (χ0v) is 25.8. The molecule has 0 aliphatic carbocycles. The average Bonchev–Trinajstić information content (AvgIpc) is 3.29. The molecule has 1 atom stereocenters. The molecule has 1 aliphatic rings. The Morgan fingerprint density at radius 3 is 2.53 bits per heavy atom. The van der Waals surface area contributed by atoms with Crippen LogP contribution >= 0.6 is 23.2 Å². The van der Waals surface area contributed by atoms with Gasteiger partial charge in [0.15, 0.2) is 17.3 Å². The Labute approximate surface area is 258 Å². The first-order chi connectivity index (χ1) is 20.4. The molecule has 0 spiro atoms. The standard InChI is InChI=1S/C30H32Cl2F2N6O3/c1-30(2,3)43-29(41)39-9-5-6-18(15-39)16-40-26-24(37-27(40)25-20(31)11-19(42-4)12-21(25)32)14-36-28(38-26)35-13-17-7-8-22(33)23(34)10-17/h7-8,10-12,14,18H,5-6,9,13,15-16H2,1-4H3,(H,35,36,38)/t18-/m1/s1. The first kappa shape index (κ1) is 30.7. The largest absolute Gasteiger partial charge is 0.497 e. The van der Waals surface area contributed by atoms with Crippen LogP contribution < -0.4 is 10.1 Å². The SMILES string of the molecule is COc1cc(Cl)c(-c2nc3cnc(NCc4ccc(F)c(F)c4)nc3n2C[C@@H]2CCCN(C(=O)OC(C)(C)C)C2)c(Cl)c1. The van der Waals surface area contributed by atoms with Crippen LogP contribution in [0.2, 0.25) is 10.0 Å². The van der Waals surface area contributed by atoms with Crippen LogP contribution in [0.4, 0.5) is 19.5 Å². The molecule has 1 amide bonds. The van der Waals surface area contributed by atoms with Gasteiger partial charge in [0.2, 0.25) is 5.95 Å². The summed E-state index contributed by atoms with van der Waals surface area (Å²) in [4.78, 5) is 28.5. The van der Waals surface area contributed by atoms with Crippen molar-refractivity contribution in [3.63, 3.8) is 0 Å². The molecule has 13 heteroatoms. The van der Waals surface area contributed by atoms with E-state index in [9.17, 15) is 13.6 Å². The number of methoxy groups -OCH3 is 1. The Balaban J connectivity index is 1.50. The Kier molecular flexibility index (Phi) is 8.94. The van der Waals surface area contributed by atoms with Gasteiger partial charge < -0.3 is 24.3 Å². The molecule has 0 bridgehead atoms. The molecule has 2 aromatic heterocycles. The summed E-state index contributed by atoms with van der Waals surface area (Å²) in [5.41, 5.74) is 1.47. The van der Waals surface area contributed by atoms with Gasteiger partial charge >= 0.3 is 6.09 Å². The Bertz CT molecular complexity index is 1640. The normalized spacial score (nSPS) is 15.5. The van der Waals surface area contributed by atoms with Gasteiger partial charge in [-0.1, -0.05) is 29.3 Å². The van der Waals surface area contributed by atoms with E-state index in [1.165, 1.54) is 13.2 Å². The van der Waals surface area contributed by atoms with Crippen LogP contribution in [-0.4, -0.2) is 56.3 Å². The summed E-state index contributed by atoms with van der Waals surface area (Å²) in [6.07, 6.45) is 2.91. The van der Waals surface area contributed by atoms with Crippen LogP contribution in [0, 0.1) is 17.6 Å². The van der Waals surface area contributed by atoms with Crippen LogP contribution in [-0.2, 0) is 17.8 Å². The molecule has 43 heavy (non-hydrogen) atoms. The lowest BCUT2D eigenvalue weighted by Gasteiger charge is -2.34. The summed E-state index contributed by atoms with van der Waals surface area (Å²) in [6, 6.07) is 7.01. The number of ether oxygens (including phenoxy) is 2. The highest BCUT2D eigenvalue weighted by Crippen LogP contribution is 2.39. The van der Waals surface area contributed by atoms with E-state index in [1.54, 1.807) is 23.2 Å². The maximum Gasteiger partial charge on any atom is 0.410 e. The number of rotatable bonds is 7. The van der Waals surface area contributed by atoms with Crippen molar-refractivity contribution in [2.75, 3.05) is 25.5 Å². The van der Waals surface area contributed by atoms with E-state index in [1.807, 2.05) is 25.3 Å². The predicted molar refractivity (Wildman–Crippen MR) is 162 cm³/mol. The molecular weight excluding hydrogens is 601 g/mol. The number of benzene rings is 2. The molecule has 0 saturated carbocycles.